The predicted octanol–water partition coefficient (Wildman–Crippen LogP) is 2.84. The van der Waals surface area contributed by atoms with Crippen molar-refractivity contribution in [1.29, 1.82) is 0 Å². The van der Waals surface area contributed by atoms with Crippen LogP contribution in [0.1, 0.15) is 38.1 Å². The summed E-state index contributed by atoms with van der Waals surface area (Å²) in [4.78, 5) is 27.1. The zero-order valence-corrected chi connectivity index (χ0v) is 13.8. The number of carbonyl (C=O) groups is 2. The number of ether oxygens (including phenoxy) is 1. The van der Waals surface area contributed by atoms with E-state index in [1.165, 1.54) is 19.1 Å². The van der Waals surface area contributed by atoms with E-state index in [0.29, 0.717) is 13.1 Å². The molecule has 2 unspecified atom stereocenters. The fourth-order valence-corrected chi connectivity index (χ4v) is 3.05. The Balaban J connectivity index is 1.63. The smallest absolute Gasteiger partial charge is 0.410 e. The average molecular weight is 320 g/mol. The van der Waals surface area contributed by atoms with Crippen LogP contribution in [0.5, 0.6) is 0 Å². The van der Waals surface area contributed by atoms with Crippen molar-refractivity contribution in [2.24, 2.45) is 0 Å². The second-order valence-corrected chi connectivity index (χ2v) is 7.14. The van der Waals surface area contributed by atoms with Crippen molar-refractivity contribution in [2.45, 2.75) is 45.4 Å². The summed E-state index contributed by atoms with van der Waals surface area (Å²) < 4.78 is 19.3. The van der Waals surface area contributed by atoms with Crippen molar-refractivity contribution in [3.8, 4) is 0 Å². The number of benzene rings is 1. The molecule has 0 radical (unpaired) electrons. The maximum Gasteiger partial charge on any atom is 0.410 e. The number of carbonyl (C=O) groups excluding carboxylic acids is 2. The third kappa shape index (κ3) is 2.78. The Morgan fingerprint density at radius 2 is 1.91 bits per heavy atom. The Bertz CT molecular complexity index is 668. The molecule has 1 aromatic carbocycles. The molecule has 2 aliphatic heterocycles. The molecule has 0 saturated carbocycles. The third-order valence-electron chi connectivity index (χ3n) is 4.30. The minimum Gasteiger partial charge on any atom is -0.444 e. The van der Waals surface area contributed by atoms with E-state index in [2.05, 4.69) is 4.90 Å². The molecule has 5 nitrogen and oxygen atoms in total. The Labute approximate surface area is 135 Å². The van der Waals surface area contributed by atoms with E-state index in [-0.39, 0.29) is 29.5 Å². The van der Waals surface area contributed by atoms with Crippen LogP contribution >= 0.6 is 0 Å². The molecule has 0 spiro atoms. The van der Waals surface area contributed by atoms with Crippen LogP contribution in [-0.2, 0) is 4.74 Å². The van der Waals surface area contributed by atoms with E-state index in [1.807, 2.05) is 20.8 Å². The number of hydrogen-bond acceptors (Lipinski definition) is 4. The van der Waals surface area contributed by atoms with Gasteiger partial charge in [0.25, 0.3) is 0 Å². The number of likely N-dealkylation sites (tertiary alicyclic amines) is 1. The number of hydrogen-bond donors (Lipinski definition) is 0. The van der Waals surface area contributed by atoms with Crippen molar-refractivity contribution < 1.29 is 18.7 Å². The molecule has 6 heteroatoms. The van der Waals surface area contributed by atoms with Crippen molar-refractivity contribution >= 4 is 17.6 Å². The molecular weight excluding hydrogens is 299 g/mol. The predicted molar refractivity (Wildman–Crippen MR) is 84.3 cm³/mol. The molecule has 3 rings (SSSR count). The Hall–Kier alpha value is -2.11. The van der Waals surface area contributed by atoms with E-state index >= 15 is 0 Å². The first-order valence-corrected chi connectivity index (χ1v) is 7.74. The minimum atomic E-state index is -0.503. The molecule has 0 N–H and O–H groups in total. The van der Waals surface area contributed by atoms with Gasteiger partial charge in [0.2, 0.25) is 0 Å². The molecule has 0 aliphatic carbocycles. The summed E-state index contributed by atoms with van der Waals surface area (Å²) in [5.74, 6) is -0.781. The first-order chi connectivity index (χ1) is 10.7. The van der Waals surface area contributed by atoms with E-state index in [4.69, 9.17) is 4.74 Å². The quantitative estimate of drug-likeness (QED) is 0.786. The van der Waals surface area contributed by atoms with Gasteiger partial charge in [-0.15, -0.1) is 0 Å². The molecule has 0 bridgehead atoms. The first kappa shape index (κ1) is 15.8. The summed E-state index contributed by atoms with van der Waals surface area (Å²) >= 11 is 0. The lowest BCUT2D eigenvalue weighted by Crippen LogP contribution is -2.80. The molecule has 2 aliphatic rings. The van der Waals surface area contributed by atoms with E-state index < -0.39 is 11.4 Å². The highest BCUT2D eigenvalue weighted by atomic mass is 19.1. The molecule has 23 heavy (non-hydrogen) atoms. The van der Waals surface area contributed by atoms with E-state index in [1.54, 1.807) is 11.0 Å². The average Bonchev–Trinajstić information content (AvgIpc) is 2.38. The van der Waals surface area contributed by atoms with Crippen LogP contribution in [0.3, 0.4) is 0 Å². The van der Waals surface area contributed by atoms with Gasteiger partial charge < -0.3 is 9.64 Å². The number of Topliss-reactive ketones (excluding diaryl/α,β-unsaturated/α-hetero) is 1. The standard InChI is InChI=1S/C17H21FN2O3/c1-10(21)12-6-5-11(7-13(12)18)19-8-15-14(19)9-20(15)16(22)23-17(2,3)4/h5-7,14-15H,8-9H2,1-4H3. The summed E-state index contributed by atoms with van der Waals surface area (Å²) in [5.41, 5.74) is 0.351. The topological polar surface area (TPSA) is 49.9 Å². The van der Waals surface area contributed by atoms with Gasteiger partial charge in [0.05, 0.1) is 17.6 Å². The van der Waals surface area contributed by atoms with Crippen LogP contribution in [0.2, 0.25) is 0 Å². The summed E-state index contributed by atoms with van der Waals surface area (Å²) in [6.45, 7) is 8.11. The van der Waals surface area contributed by atoms with Gasteiger partial charge in [0.1, 0.15) is 11.4 Å². The summed E-state index contributed by atoms with van der Waals surface area (Å²) in [6.07, 6.45) is -0.295. The van der Waals surface area contributed by atoms with Crippen molar-refractivity contribution in [3.63, 3.8) is 0 Å². The zero-order valence-electron chi connectivity index (χ0n) is 13.8. The molecule has 2 saturated heterocycles. The van der Waals surface area contributed by atoms with Gasteiger partial charge in [-0.25, -0.2) is 9.18 Å². The lowest BCUT2D eigenvalue weighted by atomic mass is 9.85. The van der Waals surface area contributed by atoms with Crippen molar-refractivity contribution in [1.82, 2.24) is 4.90 Å². The number of halogens is 1. The summed E-state index contributed by atoms with van der Waals surface area (Å²) in [5, 5.41) is 0. The summed E-state index contributed by atoms with van der Waals surface area (Å²) in [7, 11) is 0. The minimum absolute atomic E-state index is 0.106. The Morgan fingerprint density at radius 1 is 1.22 bits per heavy atom. The molecule has 1 amide bonds. The maximum absolute atomic E-state index is 13.9. The lowest BCUT2D eigenvalue weighted by Gasteiger charge is -2.62. The maximum atomic E-state index is 13.9. The summed E-state index contributed by atoms with van der Waals surface area (Å²) in [6, 6.07) is 4.99. The van der Waals surface area contributed by atoms with E-state index in [0.717, 1.165) is 5.69 Å². The lowest BCUT2D eigenvalue weighted by molar-refractivity contribution is -0.0310. The number of fused-ring (bicyclic) bond motifs is 1. The largest absolute Gasteiger partial charge is 0.444 e. The second-order valence-electron chi connectivity index (χ2n) is 7.14. The highest BCUT2D eigenvalue weighted by molar-refractivity contribution is 5.94. The molecule has 1 aromatic rings. The molecule has 124 valence electrons. The highest BCUT2D eigenvalue weighted by Gasteiger charge is 2.54. The van der Waals surface area contributed by atoms with Gasteiger partial charge >= 0.3 is 6.09 Å². The molecule has 2 atom stereocenters. The zero-order chi connectivity index (χ0) is 16.9. The number of anilines is 1. The molecule has 2 fully saturated rings. The fourth-order valence-electron chi connectivity index (χ4n) is 3.05. The third-order valence-corrected chi connectivity index (χ3v) is 4.30. The number of ketones is 1. The van der Waals surface area contributed by atoms with Gasteiger partial charge in [0.15, 0.2) is 5.78 Å². The SMILES string of the molecule is CC(=O)c1ccc(N2CC3C2CN3C(=O)OC(C)(C)C)cc1F. The molecular formula is C17H21FN2O3. The monoisotopic (exact) mass is 320 g/mol. The second kappa shape index (κ2) is 5.22. The number of piperazine rings is 1. The van der Waals surface area contributed by atoms with Gasteiger partial charge in [-0.2, -0.15) is 0 Å². The molecule has 0 aromatic heterocycles. The number of rotatable bonds is 2. The van der Waals surface area contributed by atoms with Crippen LogP contribution in [0, 0.1) is 5.82 Å². The van der Waals surface area contributed by atoms with Crippen molar-refractivity contribution in [2.75, 3.05) is 18.0 Å². The van der Waals surface area contributed by atoms with Crippen LogP contribution in [0.4, 0.5) is 14.9 Å². The number of nitrogens with zero attached hydrogens (tertiary/aromatic N) is 2. The fraction of sp³-hybridized carbons (Fsp3) is 0.529. The number of amides is 1. The normalized spacial score (nSPS) is 22.8. The van der Waals surface area contributed by atoms with Gasteiger partial charge in [-0.05, 0) is 45.9 Å². The first-order valence-electron chi connectivity index (χ1n) is 7.74. The Kier molecular flexibility index (Phi) is 3.58. The van der Waals surface area contributed by atoms with E-state index in [9.17, 15) is 14.0 Å². The van der Waals surface area contributed by atoms with Crippen LogP contribution in [0.15, 0.2) is 18.2 Å². The van der Waals surface area contributed by atoms with Crippen LogP contribution in [0.25, 0.3) is 0 Å². The van der Waals surface area contributed by atoms with Gasteiger partial charge in [-0.1, -0.05) is 0 Å². The Morgan fingerprint density at radius 3 is 2.39 bits per heavy atom. The highest BCUT2D eigenvalue weighted by Crippen LogP contribution is 2.38. The van der Waals surface area contributed by atoms with Crippen molar-refractivity contribution in [3.05, 3.63) is 29.6 Å². The van der Waals surface area contributed by atoms with Crippen LogP contribution in [-0.4, -0.2) is 47.6 Å². The van der Waals surface area contributed by atoms with Crippen LogP contribution < -0.4 is 4.90 Å². The molecule has 2 heterocycles. The van der Waals surface area contributed by atoms with Gasteiger partial charge in [0, 0.05) is 18.8 Å². The van der Waals surface area contributed by atoms with Gasteiger partial charge in [-0.3, -0.25) is 9.69 Å².